The van der Waals surface area contributed by atoms with Crippen LogP contribution in [0.1, 0.15) is 54.4 Å². The summed E-state index contributed by atoms with van der Waals surface area (Å²) >= 11 is 0. The first-order valence-electron chi connectivity index (χ1n) is 6.54. The summed E-state index contributed by atoms with van der Waals surface area (Å²) in [5, 5.41) is 0. The van der Waals surface area contributed by atoms with Gasteiger partial charge in [-0.15, -0.1) is 0 Å². The Morgan fingerprint density at radius 1 is 1.37 bits per heavy atom. The molecule has 0 aromatic carbocycles. The number of sulfonamides is 1. The number of nitrogens with one attached hydrogen (secondary N) is 1. The lowest BCUT2D eigenvalue weighted by atomic mass is 9.85. The molecule has 0 bridgehead atoms. The number of rotatable bonds is 5. The van der Waals surface area contributed by atoms with E-state index in [-0.39, 0.29) is 23.3 Å². The third-order valence-electron chi connectivity index (χ3n) is 3.61. The van der Waals surface area contributed by atoms with Crippen molar-refractivity contribution in [2.24, 2.45) is 5.92 Å². The molecule has 1 N–H and O–H groups in total. The molecule has 0 radical (unpaired) electrons. The van der Waals surface area contributed by atoms with Gasteiger partial charge in [0, 0.05) is 5.92 Å². The van der Waals surface area contributed by atoms with Crippen LogP contribution < -0.4 is 4.72 Å². The molecule has 0 saturated heterocycles. The van der Waals surface area contributed by atoms with Crippen molar-refractivity contribution in [3.63, 3.8) is 0 Å². The minimum absolute atomic E-state index is 0.0199. The van der Waals surface area contributed by atoms with Crippen molar-refractivity contribution in [3.05, 3.63) is 17.8 Å². The molecule has 7 heteroatoms. The summed E-state index contributed by atoms with van der Waals surface area (Å²) in [6.07, 6.45) is 6.25. The minimum Gasteiger partial charge on any atom is -0.448 e. The highest BCUT2D eigenvalue weighted by atomic mass is 32.2. The van der Waals surface area contributed by atoms with E-state index in [1.165, 1.54) is 6.26 Å². The lowest BCUT2D eigenvalue weighted by Crippen LogP contribution is -2.33. The Bertz CT molecular complexity index is 585. The largest absolute Gasteiger partial charge is 0.448 e. The first-order valence-corrected chi connectivity index (χ1v) is 8.19. The molecule has 2 fully saturated rings. The molecular formula is C12H16N2O4S. The third-order valence-corrected chi connectivity index (χ3v) is 5.02. The minimum atomic E-state index is -3.55. The molecule has 2 aliphatic rings. The Morgan fingerprint density at radius 3 is 2.68 bits per heavy atom. The van der Waals surface area contributed by atoms with E-state index in [1.807, 2.05) is 4.72 Å². The lowest BCUT2D eigenvalue weighted by molar-refractivity contribution is 0.0976. The molecule has 19 heavy (non-hydrogen) atoms. The number of carbonyl (C=O) groups excluding carboxylic acids is 1. The monoisotopic (exact) mass is 284 g/mol. The van der Waals surface area contributed by atoms with Gasteiger partial charge in [0.25, 0.3) is 5.91 Å². The predicted molar refractivity (Wildman–Crippen MR) is 67.1 cm³/mol. The second kappa shape index (κ2) is 4.63. The summed E-state index contributed by atoms with van der Waals surface area (Å²) in [5.41, 5.74) is 0.0428. The van der Waals surface area contributed by atoms with E-state index >= 15 is 0 Å². The zero-order chi connectivity index (χ0) is 13.5. The van der Waals surface area contributed by atoms with Gasteiger partial charge in [-0.05, 0) is 31.6 Å². The maximum Gasteiger partial charge on any atom is 0.286 e. The van der Waals surface area contributed by atoms with E-state index in [0.29, 0.717) is 5.89 Å². The van der Waals surface area contributed by atoms with E-state index in [2.05, 4.69) is 4.98 Å². The number of hydrogen-bond donors (Lipinski definition) is 1. The molecule has 0 atom stereocenters. The highest BCUT2D eigenvalue weighted by Crippen LogP contribution is 2.35. The second-order valence-corrected chi connectivity index (χ2v) is 7.12. The van der Waals surface area contributed by atoms with Crippen molar-refractivity contribution in [2.45, 2.75) is 38.0 Å². The van der Waals surface area contributed by atoms with Gasteiger partial charge in [0.1, 0.15) is 6.26 Å². The number of aromatic nitrogens is 1. The van der Waals surface area contributed by atoms with E-state index in [0.717, 1.165) is 32.1 Å². The summed E-state index contributed by atoms with van der Waals surface area (Å²) in [6.45, 7) is 0. The Labute approximate surface area is 111 Å². The van der Waals surface area contributed by atoms with Crippen LogP contribution in [0, 0.1) is 5.92 Å². The van der Waals surface area contributed by atoms with Gasteiger partial charge in [0.15, 0.2) is 11.6 Å². The topological polar surface area (TPSA) is 89.3 Å². The Kier molecular flexibility index (Phi) is 3.08. The van der Waals surface area contributed by atoms with Crippen LogP contribution in [0.5, 0.6) is 0 Å². The number of nitrogens with zero attached hydrogens (tertiary/aromatic N) is 1. The average Bonchev–Trinajstić information content (AvgIpc) is 2.90. The molecular weight excluding hydrogens is 268 g/mol. The number of hydrogen-bond acceptors (Lipinski definition) is 5. The van der Waals surface area contributed by atoms with Gasteiger partial charge >= 0.3 is 0 Å². The molecule has 1 amide bonds. The van der Waals surface area contributed by atoms with Gasteiger partial charge in [0.2, 0.25) is 10.0 Å². The van der Waals surface area contributed by atoms with Crippen molar-refractivity contribution in [1.82, 2.24) is 9.71 Å². The standard InChI is InChI=1S/C12H16N2O4S/c15-11(14-19(16,17)7-8-4-5-8)10-6-18-12(13-10)9-2-1-3-9/h6,8-9H,1-5,7H2,(H,14,15). The fourth-order valence-electron chi connectivity index (χ4n) is 2.06. The molecule has 3 rings (SSSR count). The van der Waals surface area contributed by atoms with Crippen LogP contribution >= 0.6 is 0 Å². The molecule has 0 unspecified atom stereocenters. The molecule has 0 aliphatic heterocycles. The maximum absolute atomic E-state index is 11.8. The zero-order valence-electron chi connectivity index (χ0n) is 10.5. The van der Waals surface area contributed by atoms with E-state index in [4.69, 9.17) is 4.42 Å². The normalized spacial score (nSPS) is 20.0. The van der Waals surface area contributed by atoms with Crippen molar-refractivity contribution < 1.29 is 17.6 Å². The average molecular weight is 284 g/mol. The molecule has 6 nitrogen and oxygen atoms in total. The highest BCUT2D eigenvalue weighted by Gasteiger charge is 2.30. The van der Waals surface area contributed by atoms with Gasteiger partial charge in [-0.2, -0.15) is 0 Å². The Balaban J connectivity index is 1.64. The predicted octanol–water partition coefficient (Wildman–Crippen LogP) is 1.41. The molecule has 1 aromatic heterocycles. The fourth-order valence-corrected chi connectivity index (χ4v) is 3.49. The summed E-state index contributed by atoms with van der Waals surface area (Å²) in [4.78, 5) is 15.9. The van der Waals surface area contributed by atoms with Gasteiger partial charge in [0.05, 0.1) is 5.75 Å². The number of carbonyl (C=O) groups is 1. The van der Waals surface area contributed by atoms with Crippen molar-refractivity contribution in [1.29, 1.82) is 0 Å². The quantitative estimate of drug-likeness (QED) is 0.883. The SMILES string of the molecule is O=C(NS(=O)(=O)CC1CC1)c1coc(C2CCC2)n1. The van der Waals surface area contributed by atoms with Crippen LogP contribution in [0.2, 0.25) is 0 Å². The van der Waals surface area contributed by atoms with Gasteiger partial charge in [-0.1, -0.05) is 6.42 Å². The van der Waals surface area contributed by atoms with Crippen molar-refractivity contribution in [2.75, 3.05) is 5.75 Å². The van der Waals surface area contributed by atoms with Crippen LogP contribution in [-0.4, -0.2) is 25.1 Å². The van der Waals surface area contributed by atoms with Crippen LogP contribution in [0.15, 0.2) is 10.7 Å². The van der Waals surface area contributed by atoms with Crippen LogP contribution in [0.4, 0.5) is 0 Å². The van der Waals surface area contributed by atoms with E-state index < -0.39 is 15.9 Å². The smallest absolute Gasteiger partial charge is 0.286 e. The van der Waals surface area contributed by atoms with Gasteiger partial charge in [-0.25, -0.2) is 18.1 Å². The van der Waals surface area contributed by atoms with Gasteiger partial charge in [-0.3, -0.25) is 4.79 Å². The molecule has 2 aliphatic carbocycles. The first kappa shape index (κ1) is 12.7. The third kappa shape index (κ3) is 2.97. The van der Waals surface area contributed by atoms with Crippen LogP contribution in [-0.2, 0) is 10.0 Å². The van der Waals surface area contributed by atoms with Crippen LogP contribution in [0.3, 0.4) is 0 Å². The van der Waals surface area contributed by atoms with Crippen LogP contribution in [0.25, 0.3) is 0 Å². The molecule has 1 heterocycles. The molecule has 1 aromatic rings. The fraction of sp³-hybridized carbons (Fsp3) is 0.667. The Morgan fingerprint density at radius 2 is 2.11 bits per heavy atom. The summed E-state index contributed by atoms with van der Waals surface area (Å²) in [6, 6.07) is 0. The number of oxazole rings is 1. The zero-order valence-corrected chi connectivity index (χ0v) is 11.3. The number of amides is 1. The van der Waals surface area contributed by atoms with Crippen molar-refractivity contribution >= 4 is 15.9 Å². The van der Waals surface area contributed by atoms with E-state index in [1.54, 1.807) is 0 Å². The molecule has 2 saturated carbocycles. The lowest BCUT2D eigenvalue weighted by Gasteiger charge is -2.21. The first-order chi connectivity index (χ1) is 9.03. The summed E-state index contributed by atoms with van der Waals surface area (Å²) < 4.78 is 30.6. The van der Waals surface area contributed by atoms with E-state index in [9.17, 15) is 13.2 Å². The second-order valence-electron chi connectivity index (χ2n) is 5.35. The van der Waals surface area contributed by atoms with Gasteiger partial charge < -0.3 is 4.42 Å². The summed E-state index contributed by atoms with van der Waals surface area (Å²) in [5.74, 6) is 0.343. The summed E-state index contributed by atoms with van der Waals surface area (Å²) in [7, 11) is -3.55. The highest BCUT2D eigenvalue weighted by molar-refractivity contribution is 7.90. The molecule has 0 spiro atoms. The molecule has 104 valence electrons. The van der Waals surface area contributed by atoms with Crippen molar-refractivity contribution in [3.8, 4) is 0 Å². The maximum atomic E-state index is 11.8. The Hall–Kier alpha value is -1.37.